The van der Waals surface area contributed by atoms with Gasteiger partial charge in [0.1, 0.15) is 0 Å². The van der Waals surface area contributed by atoms with E-state index in [-0.39, 0.29) is 17.3 Å². The molecule has 82 valence electrons. The van der Waals surface area contributed by atoms with Crippen LogP contribution in [0, 0.1) is 10.8 Å². The van der Waals surface area contributed by atoms with Crippen LogP contribution < -0.4 is 5.73 Å². The van der Waals surface area contributed by atoms with E-state index in [4.69, 9.17) is 10.8 Å². The minimum Gasteiger partial charge on any atom is -0.481 e. The molecule has 3 heteroatoms. The summed E-state index contributed by atoms with van der Waals surface area (Å²) in [4.78, 5) is 10.8. The van der Waals surface area contributed by atoms with Crippen LogP contribution in [-0.4, -0.2) is 17.6 Å². The van der Waals surface area contributed by atoms with Crippen molar-refractivity contribution >= 4 is 5.97 Å². The SMILES string of the molecule is CC1(C)CCCC(CN)(CC(=O)O)C1. The Morgan fingerprint density at radius 2 is 2.07 bits per heavy atom. The van der Waals surface area contributed by atoms with E-state index in [2.05, 4.69) is 13.8 Å². The number of nitrogens with two attached hydrogens (primary N) is 1. The van der Waals surface area contributed by atoms with E-state index < -0.39 is 5.97 Å². The average molecular weight is 199 g/mol. The topological polar surface area (TPSA) is 63.3 Å². The summed E-state index contributed by atoms with van der Waals surface area (Å²) in [6.45, 7) is 4.92. The normalized spacial score (nSPS) is 31.4. The van der Waals surface area contributed by atoms with E-state index >= 15 is 0 Å². The molecule has 1 rings (SSSR count). The van der Waals surface area contributed by atoms with Gasteiger partial charge in [0.15, 0.2) is 0 Å². The Morgan fingerprint density at radius 3 is 2.50 bits per heavy atom. The number of hydrogen-bond acceptors (Lipinski definition) is 2. The van der Waals surface area contributed by atoms with E-state index in [1.165, 1.54) is 6.42 Å². The monoisotopic (exact) mass is 199 g/mol. The van der Waals surface area contributed by atoms with Crippen LogP contribution in [0.5, 0.6) is 0 Å². The van der Waals surface area contributed by atoms with E-state index in [1.807, 2.05) is 0 Å². The highest BCUT2D eigenvalue weighted by atomic mass is 16.4. The summed E-state index contributed by atoms with van der Waals surface area (Å²) in [6.07, 6.45) is 4.45. The van der Waals surface area contributed by atoms with Crippen molar-refractivity contribution in [3.8, 4) is 0 Å². The fraction of sp³-hybridized carbons (Fsp3) is 0.909. The lowest BCUT2D eigenvalue weighted by Gasteiger charge is -2.43. The molecule has 0 bridgehead atoms. The van der Waals surface area contributed by atoms with Crippen LogP contribution in [0.15, 0.2) is 0 Å². The van der Waals surface area contributed by atoms with Crippen LogP contribution in [0.1, 0.15) is 46.0 Å². The minimum absolute atomic E-state index is 0.145. The third-order valence-electron chi connectivity index (χ3n) is 3.37. The molecule has 3 N–H and O–H groups in total. The quantitative estimate of drug-likeness (QED) is 0.730. The summed E-state index contributed by atoms with van der Waals surface area (Å²) < 4.78 is 0. The van der Waals surface area contributed by atoms with Crippen LogP contribution in [-0.2, 0) is 4.79 Å². The van der Waals surface area contributed by atoms with Gasteiger partial charge in [-0.15, -0.1) is 0 Å². The standard InChI is InChI=1S/C11H21NO2/c1-10(2)4-3-5-11(7-10,8-12)6-9(13)14/h3-8,12H2,1-2H3,(H,13,14). The first-order chi connectivity index (χ1) is 6.39. The summed E-state index contributed by atoms with van der Waals surface area (Å²) in [5.41, 5.74) is 5.86. The Labute approximate surface area is 85.7 Å². The second-order valence-electron chi connectivity index (χ2n) is 5.47. The van der Waals surface area contributed by atoms with Crippen molar-refractivity contribution in [3.63, 3.8) is 0 Å². The Morgan fingerprint density at radius 1 is 1.43 bits per heavy atom. The number of carboxylic acids is 1. The molecule has 1 aliphatic rings. The highest BCUT2D eigenvalue weighted by Crippen LogP contribution is 2.47. The van der Waals surface area contributed by atoms with Gasteiger partial charge in [0.25, 0.3) is 0 Å². The smallest absolute Gasteiger partial charge is 0.303 e. The lowest BCUT2D eigenvalue weighted by molar-refractivity contribution is -0.140. The number of carbonyl (C=O) groups is 1. The molecular formula is C11H21NO2. The number of aliphatic carboxylic acids is 1. The summed E-state index contributed by atoms with van der Waals surface area (Å²) >= 11 is 0. The number of rotatable bonds is 3. The third kappa shape index (κ3) is 2.71. The molecule has 1 fully saturated rings. The Balaban J connectivity index is 2.73. The van der Waals surface area contributed by atoms with Gasteiger partial charge in [-0.05, 0) is 36.6 Å². The maximum Gasteiger partial charge on any atom is 0.303 e. The zero-order valence-corrected chi connectivity index (χ0v) is 9.18. The maximum atomic E-state index is 10.8. The average Bonchev–Trinajstić information content (AvgIpc) is 2.01. The van der Waals surface area contributed by atoms with Crippen molar-refractivity contribution in [1.29, 1.82) is 0 Å². The zero-order chi connectivity index (χ0) is 10.8. The largest absolute Gasteiger partial charge is 0.481 e. The van der Waals surface area contributed by atoms with E-state index in [0.29, 0.717) is 6.54 Å². The second kappa shape index (κ2) is 3.89. The van der Waals surface area contributed by atoms with Gasteiger partial charge in [0.2, 0.25) is 0 Å². The van der Waals surface area contributed by atoms with Crippen LogP contribution in [0.25, 0.3) is 0 Å². The molecule has 0 aliphatic heterocycles. The molecule has 1 unspecified atom stereocenters. The van der Waals surface area contributed by atoms with E-state index in [1.54, 1.807) is 0 Å². The first kappa shape index (κ1) is 11.5. The van der Waals surface area contributed by atoms with Gasteiger partial charge >= 0.3 is 5.97 Å². The molecule has 0 radical (unpaired) electrons. The summed E-state index contributed by atoms with van der Waals surface area (Å²) in [6, 6.07) is 0. The molecule has 1 saturated carbocycles. The van der Waals surface area contributed by atoms with Crippen LogP contribution in [0.2, 0.25) is 0 Å². The molecule has 1 aliphatic carbocycles. The molecule has 0 heterocycles. The Hall–Kier alpha value is -0.570. The van der Waals surface area contributed by atoms with Crippen molar-refractivity contribution in [2.75, 3.05) is 6.54 Å². The van der Waals surface area contributed by atoms with Gasteiger partial charge in [-0.3, -0.25) is 4.79 Å². The van der Waals surface area contributed by atoms with Crippen molar-refractivity contribution in [2.45, 2.75) is 46.0 Å². The van der Waals surface area contributed by atoms with Gasteiger partial charge in [-0.1, -0.05) is 20.3 Å². The van der Waals surface area contributed by atoms with Gasteiger partial charge in [-0.25, -0.2) is 0 Å². The first-order valence-electron chi connectivity index (χ1n) is 5.31. The Bertz CT molecular complexity index is 225. The molecule has 0 saturated heterocycles. The molecule has 0 aromatic heterocycles. The fourth-order valence-electron chi connectivity index (χ4n) is 2.85. The molecule has 1 atom stereocenters. The van der Waals surface area contributed by atoms with Gasteiger partial charge in [0, 0.05) is 0 Å². The zero-order valence-electron chi connectivity index (χ0n) is 9.18. The lowest BCUT2D eigenvalue weighted by Crippen LogP contribution is -2.40. The molecule has 0 aromatic carbocycles. The molecular weight excluding hydrogens is 178 g/mol. The molecule has 0 aromatic rings. The number of carboxylic acid groups (broad SMARTS) is 1. The summed E-state index contributed by atoms with van der Waals surface area (Å²) in [5, 5.41) is 8.88. The van der Waals surface area contributed by atoms with E-state index in [0.717, 1.165) is 19.3 Å². The predicted octanol–water partition coefficient (Wildman–Crippen LogP) is 2.01. The summed E-state index contributed by atoms with van der Waals surface area (Å²) in [7, 11) is 0. The van der Waals surface area contributed by atoms with Crippen LogP contribution in [0.3, 0.4) is 0 Å². The highest BCUT2D eigenvalue weighted by molar-refractivity contribution is 5.67. The second-order valence-corrected chi connectivity index (χ2v) is 5.47. The van der Waals surface area contributed by atoms with Crippen molar-refractivity contribution < 1.29 is 9.90 Å². The van der Waals surface area contributed by atoms with Crippen molar-refractivity contribution in [2.24, 2.45) is 16.6 Å². The van der Waals surface area contributed by atoms with E-state index in [9.17, 15) is 4.79 Å². The van der Waals surface area contributed by atoms with Crippen molar-refractivity contribution in [3.05, 3.63) is 0 Å². The first-order valence-corrected chi connectivity index (χ1v) is 5.31. The molecule has 14 heavy (non-hydrogen) atoms. The maximum absolute atomic E-state index is 10.8. The lowest BCUT2D eigenvalue weighted by atomic mass is 9.62. The fourth-order valence-corrected chi connectivity index (χ4v) is 2.85. The third-order valence-corrected chi connectivity index (χ3v) is 3.37. The van der Waals surface area contributed by atoms with Gasteiger partial charge in [-0.2, -0.15) is 0 Å². The number of hydrogen-bond donors (Lipinski definition) is 2. The van der Waals surface area contributed by atoms with Crippen LogP contribution in [0.4, 0.5) is 0 Å². The van der Waals surface area contributed by atoms with Gasteiger partial charge in [0.05, 0.1) is 6.42 Å². The van der Waals surface area contributed by atoms with Crippen LogP contribution >= 0.6 is 0 Å². The predicted molar refractivity (Wildman–Crippen MR) is 56.0 cm³/mol. The van der Waals surface area contributed by atoms with Gasteiger partial charge < -0.3 is 10.8 Å². The Kier molecular flexibility index (Phi) is 3.20. The van der Waals surface area contributed by atoms with Crippen molar-refractivity contribution in [1.82, 2.24) is 0 Å². The summed E-state index contributed by atoms with van der Waals surface area (Å²) in [5.74, 6) is -0.715. The molecule has 0 amide bonds. The molecule has 0 spiro atoms. The highest BCUT2D eigenvalue weighted by Gasteiger charge is 2.40. The minimum atomic E-state index is -0.715. The molecule has 3 nitrogen and oxygen atoms in total.